The van der Waals surface area contributed by atoms with Gasteiger partial charge in [-0.1, -0.05) is 29.3 Å². The van der Waals surface area contributed by atoms with E-state index in [9.17, 15) is 13.2 Å². The molecule has 0 saturated heterocycles. The summed E-state index contributed by atoms with van der Waals surface area (Å²) in [5, 5.41) is 3.18. The Bertz CT molecular complexity index is 1280. The summed E-state index contributed by atoms with van der Waals surface area (Å²) in [7, 11) is -1.15. The number of sulfonamides is 1. The molecule has 0 aliphatic rings. The average molecular weight is 495 g/mol. The third-order valence-electron chi connectivity index (χ3n) is 4.50. The van der Waals surface area contributed by atoms with Crippen molar-refractivity contribution in [3.63, 3.8) is 0 Å². The van der Waals surface area contributed by atoms with Gasteiger partial charge in [0.05, 0.1) is 41.1 Å². The molecule has 0 spiro atoms. The first kappa shape index (κ1) is 23.7. The van der Waals surface area contributed by atoms with E-state index in [0.29, 0.717) is 16.5 Å². The molecule has 0 aliphatic carbocycles. The molecule has 3 aromatic rings. The maximum absolute atomic E-state index is 13.0. The third-order valence-corrected chi connectivity index (χ3v) is 6.42. The quantitative estimate of drug-likeness (QED) is 0.460. The van der Waals surface area contributed by atoms with Crippen LogP contribution < -0.4 is 19.5 Å². The zero-order valence-corrected chi connectivity index (χ0v) is 19.7. The summed E-state index contributed by atoms with van der Waals surface area (Å²) >= 11 is 12.0. The van der Waals surface area contributed by atoms with Crippen molar-refractivity contribution in [2.24, 2.45) is 0 Å². The Balaban J connectivity index is 1.95. The van der Waals surface area contributed by atoms with E-state index in [1.54, 1.807) is 18.2 Å². The summed E-state index contributed by atoms with van der Waals surface area (Å²) in [5.74, 6) is 0.0990. The van der Waals surface area contributed by atoms with Crippen molar-refractivity contribution in [2.45, 2.75) is 11.8 Å². The Labute approximate surface area is 196 Å². The summed E-state index contributed by atoms with van der Waals surface area (Å²) in [5.41, 5.74) is 1.48. The molecule has 0 heterocycles. The van der Waals surface area contributed by atoms with Gasteiger partial charge in [-0.25, -0.2) is 8.42 Å². The van der Waals surface area contributed by atoms with Gasteiger partial charge in [0.15, 0.2) is 0 Å². The summed E-state index contributed by atoms with van der Waals surface area (Å²) in [6, 6.07) is 13.7. The van der Waals surface area contributed by atoms with Gasteiger partial charge in [-0.3, -0.25) is 9.52 Å². The van der Waals surface area contributed by atoms with Gasteiger partial charge in [-0.2, -0.15) is 0 Å². The lowest BCUT2D eigenvalue weighted by Crippen LogP contribution is -2.16. The molecule has 0 aromatic heterocycles. The van der Waals surface area contributed by atoms with Crippen molar-refractivity contribution in [1.29, 1.82) is 0 Å². The van der Waals surface area contributed by atoms with E-state index in [2.05, 4.69) is 10.0 Å². The number of methoxy groups -OCH3 is 2. The topological polar surface area (TPSA) is 93.7 Å². The van der Waals surface area contributed by atoms with Crippen LogP contribution >= 0.6 is 23.2 Å². The molecule has 0 atom stereocenters. The van der Waals surface area contributed by atoms with Crippen LogP contribution in [0.2, 0.25) is 10.0 Å². The van der Waals surface area contributed by atoms with Crippen LogP contribution in [0, 0.1) is 6.92 Å². The number of rotatable bonds is 7. The molecule has 168 valence electrons. The minimum atomic E-state index is -4.00. The van der Waals surface area contributed by atoms with Crippen molar-refractivity contribution >= 4 is 50.5 Å². The Morgan fingerprint density at radius 3 is 2.19 bits per heavy atom. The number of carbonyl (C=O) groups is 1. The predicted octanol–water partition coefficient (Wildman–Crippen LogP) is 5.37. The lowest BCUT2D eigenvalue weighted by Gasteiger charge is -2.15. The van der Waals surface area contributed by atoms with Gasteiger partial charge < -0.3 is 14.8 Å². The number of benzene rings is 3. The molecule has 2 N–H and O–H groups in total. The van der Waals surface area contributed by atoms with E-state index in [4.69, 9.17) is 32.7 Å². The molecule has 0 bridgehead atoms. The highest BCUT2D eigenvalue weighted by Gasteiger charge is 2.20. The van der Waals surface area contributed by atoms with Crippen LogP contribution in [0.25, 0.3) is 0 Å². The molecule has 0 fully saturated rings. The highest BCUT2D eigenvalue weighted by atomic mass is 35.5. The number of hydrogen-bond donors (Lipinski definition) is 2. The Morgan fingerprint density at radius 1 is 0.875 bits per heavy atom. The summed E-state index contributed by atoms with van der Waals surface area (Å²) in [4.78, 5) is 12.6. The molecule has 3 aromatic carbocycles. The number of anilines is 2. The number of halogens is 2. The fraction of sp³-hybridized carbons (Fsp3) is 0.136. The minimum absolute atomic E-state index is 0.0839. The van der Waals surface area contributed by atoms with E-state index in [0.717, 1.165) is 5.56 Å². The largest absolute Gasteiger partial charge is 0.495 e. The first-order chi connectivity index (χ1) is 15.1. The Morgan fingerprint density at radius 2 is 1.53 bits per heavy atom. The summed E-state index contributed by atoms with van der Waals surface area (Å²) in [6.45, 7) is 1.83. The molecule has 7 nitrogen and oxygen atoms in total. The Hall–Kier alpha value is -2.94. The molecular weight excluding hydrogens is 475 g/mol. The molecule has 0 radical (unpaired) electrons. The van der Waals surface area contributed by atoms with Crippen molar-refractivity contribution < 1.29 is 22.7 Å². The second-order valence-electron chi connectivity index (χ2n) is 6.75. The van der Waals surface area contributed by atoms with Crippen LogP contribution in [0.1, 0.15) is 15.9 Å². The van der Waals surface area contributed by atoms with Crippen LogP contribution in [0.3, 0.4) is 0 Å². The SMILES string of the molecule is COc1ccc(S(=O)(=O)Nc2cc(C)ccc2OC)cc1NC(=O)c1ccc(Cl)cc1Cl. The molecule has 0 aliphatic heterocycles. The molecule has 0 unspecified atom stereocenters. The number of ether oxygens (including phenoxy) is 2. The highest BCUT2D eigenvalue weighted by molar-refractivity contribution is 7.92. The van der Waals surface area contributed by atoms with Crippen LogP contribution in [0.15, 0.2) is 59.5 Å². The third kappa shape index (κ3) is 5.27. The molecule has 10 heteroatoms. The zero-order valence-electron chi connectivity index (χ0n) is 17.4. The number of aryl methyl sites for hydroxylation is 1. The highest BCUT2D eigenvalue weighted by Crippen LogP contribution is 2.32. The van der Waals surface area contributed by atoms with Crippen molar-refractivity contribution in [3.8, 4) is 11.5 Å². The van der Waals surface area contributed by atoms with Gasteiger partial charge in [0.2, 0.25) is 0 Å². The fourth-order valence-corrected chi connectivity index (χ4v) is 4.50. The van der Waals surface area contributed by atoms with Crippen molar-refractivity contribution in [3.05, 3.63) is 75.8 Å². The van der Waals surface area contributed by atoms with Crippen molar-refractivity contribution in [2.75, 3.05) is 24.3 Å². The first-order valence-corrected chi connectivity index (χ1v) is 11.5. The number of hydrogen-bond acceptors (Lipinski definition) is 5. The van der Waals surface area contributed by atoms with Gasteiger partial charge in [0.25, 0.3) is 15.9 Å². The second kappa shape index (κ2) is 9.68. The second-order valence-corrected chi connectivity index (χ2v) is 9.28. The molecule has 1 amide bonds. The van der Waals surface area contributed by atoms with Crippen LogP contribution in [-0.2, 0) is 10.0 Å². The van der Waals surface area contributed by atoms with E-state index in [1.807, 2.05) is 6.92 Å². The lowest BCUT2D eigenvalue weighted by molar-refractivity contribution is 0.102. The van der Waals surface area contributed by atoms with Crippen molar-refractivity contribution in [1.82, 2.24) is 0 Å². The van der Waals surface area contributed by atoms with Crippen LogP contribution in [0.4, 0.5) is 11.4 Å². The Kier molecular flexibility index (Phi) is 7.18. The number of carbonyl (C=O) groups excluding carboxylic acids is 1. The maximum atomic E-state index is 13.0. The smallest absolute Gasteiger partial charge is 0.262 e. The van der Waals surface area contributed by atoms with Crippen LogP contribution in [0.5, 0.6) is 11.5 Å². The minimum Gasteiger partial charge on any atom is -0.495 e. The summed E-state index contributed by atoms with van der Waals surface area (Å²) in [6.07, 6.45) is 0. The monoisotopic (exact) mass is 494 g/mol. The number of amides is 1. The van der Waals surface area contributed by atoms with E-state index >= 15 is 0 Å². The van der Waals surface area contributed by atoms with E-state index < -0.39 is 15.9 Å². The lowest BCUT2D eigenvalue weighted by atomic mass is 10.2. The number of nitrogens with one attached hydrogen (secondary N) is 2. The van der Waals surface area contributed by atoms with E-state index in [1.165, 1.54) is 50.6 Å². The van der Waals surface area contributed by atoms with Gasteiger partial charge >= 0.3 is 0 Å². The average Bonchev–Trinajstić information content (AvgIpc) is 2.73. The molecule has 32 heavy (non-hydrogen) atoms. The predicted molar refractivity (Wildman–Crippen MR) is 126 cm³/mol. The van der Waals surface area contributed by atoms with Gasteiger partial charge in [0.1, 0.15) is 11.5 Å². The van der Waals surface area contributed by atoms with Gasteiger partial charge in [-0.15, -0.1) is 0 Å². The zero-order chi connectivity index (χ0) is 23.5. The van der Waals surface area contributed by atoms with Gasteiger partial charge in [-0.05, 0) is 61.0 Å². The first-order valence-electron chi connectivity index (χ1n) is 9.26. The molecule has 3 rings (SSSR count). The standard InChI is InChI=1S/C22H20Cl2N2O5S/c1-13-4-8-21(31-3)19(10-13)26-32(28,29)15-6-9-20(30-2)18(12-15)25-22(27)16-7-5-14(23)11-17(16)24/h4-12,26H,1-3H3,(H,25,27). The fourth-order valence-electron chi connectivity index (χ4n) is 2.92. The van der Waals surface area contributed by atoms with Crippen LogP contribution in [-0.4, -0.2) is 28.5 Å². The van der Waals surface area contributed by atoms with Gasteiger partial charge in [0, 0.05) is 5.02 Å². The normalized spacial score (nSPS) is 11.0. The summed E-state index contributed by atoms with van der Waals surface area (Å²) < 4.78 is 39.1. The van der Waals surface area contributed by atoms with E-state index in [-0.39, 0.29) is 26.9 Å². The molecular formula is C22H20Cl2N2O5S. The molecule has 0 saturated carbocycles. The maximum Gasteiger partial charge on any atom is 0.262 e.